The Morgan fingerprint density at radius 1 is 0.967 bits per heavy atom. The van der Waals surface area contributed by atoms with Gasteiger partial charge in [-0.05, 0) is 43.5 Å². The number of rotatable bonds is 5. The van der Waals surface area contributed by atoms with E-state index < -0.39 is 9.84 Å². The number of anilines is 1. The van der Waals surface area contributed by atoms with Gasteiger partial charge < -0.3 is 9.80 Å². The summed E-state index contributed by atoms with van der Waals surface area (Å²) >= 11 is 0. The first-order chi connectivity index (χ1) is 14.4. The molecule has 166 valence electrons. The highest BCUT2D eigenvalue weighted by molar-refractivity contribution is 7.91. The van der Waals surface area contributed by atoms with Crippen LogP contribution in [0.1, 0.15) is 38.5 Å². The van der Waals surface area contributed by atoms with Crippen molar-refractivity contribution in [1.82, 2.24) is 9.80 Å². The van der Waals surface area contributed by atoms with Crippen LogP contribution in [0.15, 0.2) is 24.3 Å². The van der Waals surface area contributed by atoms with Gasteiger partial charge in [0.05, 0.1) is 18.1 Å². The van der Waals surface area contributed by atoms with Crippen LogP contribution in [0.25, 0.3) is 0 Å². The van der Waals surface area contributed by atoms with Crippen LogP contribution in [0.2, 0.25) is 0 Å². The summed E-state index contributed by atoms with van der Waals surface area (Å²) in [5, 5.41) is 0. The van der Waals surface area contributed by atoms with Crippen LogP contribution in [0, 0.1) is 5.82 Å². The topological polar surface area (TPSA) is 60.9 Å². The standard InChI is InChI=1S/C22H32FN3O3S/c23-18-6-8-19(9-7-18)25-13-11-24(12-14-25)16-22(27)26(20-4-2-1-3-5-20)21-10-15-30(28,29)17-21/h6-9,20-21H,1-5,10-17H2. The van der Waals surface area contributed by atoms with Crippen LogP contribution in [-0.4, -0.2) is 80.4 Å². The zero-order valence-corrected chi connectivity index (χ0v) is 18.3. The van der Waals surface area contributed by atoms with Gasteiger partial charge in [-0.25, -0.2) is 12.8 Å². The summed E-state index contributed by atoms with van der Waals surface area (Å²) in [6.45, 7) is 3.47. The van der Waals surface area contributed by atoms with E-state index in [9.17, 15) is 17.6 Å². The second-order valence-electron chi connectivity index (χ2n) is 8.89. The molecule has 1 amide bonds. The molecule has 2 heterocycles. The van der Waals surface area contributed by atoms with E-state index >= 15 is 0 Å². The van der Waals surface area contributed by atoms with Crippen molar-refractivity contribution in [2.24, 2.45) is 0 Å². The molecule has 0 bridgehead atoms. The Morgan fingerprint density at radius 2 is 1.63 bits per heavy atom. The van der Waals surface area contributed by atoms with Crippen molar-refractivity contribution in [3.05, 3.63) is 30.1 Å². The third-order valence-electron chi connectivity index (χ3n) is 6.78. The first-order valence-electron chi connectivity index (χ1n) is 11.2. The Balaban J connectivity index is 1.37. The third kappa shape index (κ3) is 5.14. The van der Waals surface area contributed by atoms with E-state index in [4.69, 9.17) is 0 Å². The van der Waals surface area contributed by atoms with Gasteiger partial charge in [0, 0.05) is 44.0 Å². The van der Waals surface area contributed by atoms with Crippen molar-refractivity contribution in [3.63, 3.8) is 0 Å². The number of carbonyl (C=O) groups is 1. The molecular formula is C22H32FN3O3S. The number of halogens is 1. The fourth-order valence-electron chi connectivity index (χ4n) is 5.15. The molecule has 0 aromatic heterocycles. The molecule has 1 aromatic rings. The summed E-state index contributed by atoms with van der Waals surface area (Å²) in [5.74, 6) is 0.164. The molecule has 1 atom stereocenters. The number of piperazine rings is 1. The average Bonchev–Trinajstić information content (AvgIpc) is 3.09. The lowest BCUT2D eigenvalue weighted by Gasteiger charge is -2.41. The predicted molar refractivity (Wildman–Crippen MR) is 116 cm³/mol. The van der Waals surface area contributed by atoms with Gasteiger partial charge in [0.1, 0.15) is 5.82 Å². The SMILES string of the molecule is O=C(CN1CCN(c2ccc(F)cc2)CC1)N(C1CCCCC1)C1CCS(=O)(=O)C1. The smallest absolute Gasteiger partial charge is 0.237 e. The van der Waals surface area contributed by atoms with Gasteiger partial charge in [-0.1, -0.05) is 19.3 Å². The molecule has 1 unspecified atom stereocenters. The first kappa shape index (κ1) is 21.6. The largest absolute Gasteiger partial charge is 0.369 e. The maximum Gasteiger partial charge on any atom is 0.237 e. The van der Waals surface area contributed by atoms with Crippen LogP contribution in [0.5, 0.6) is 0 Å². The lowest BCUT2D eigenvalue weighted by Crippen LogP contribution is -2.54. The number of sulfone groups is 1. The number of benzene rings is 1. The van der Waals surface area contributed by atoms with Crippen LogP contribution in [0.4, 0.5) is 10.1 Å². The zero-order valence-electron chi connectivity index (χ0n) is 17.5. The number of carbonyl (C=O) groups excluding carboxylic acids is 1. The zero-order chi connectivity index (χ0) is 21.1. The molecule has 1 aliphatic carbocycles. The summed E-state index contributed by atoms with van der Waals surface area (Å²) < 4.78 is 37.3. The molecule has 1 aromatic carbocycles. The van der Waals surface area contributed by atoms with Gasteiger partial charge >= 0.3 is 0 Å². The molecule has 6 nitrogen and oxygen atoms in total. The molecule has 2 saturated heterocycles. The molecule has 8 heteroatoms. The molecule has 3 aliphatic rings. The number of nitrogens with zero attached hydrogens (tertiary/aromatic N) is 3. The Bertz CT molecular complexity index is 832. The molecule has 0 N–H and O–H groups in total. The van der Waals surface area contributed by atoms with E-state index in [0.717, 1.165) is 57.5 Å². The van der Waals surface area contributed by atoms with Crippen molar-refractivity contribution < 1.29 is 17.6 Å². The Labute approximate surface area is 178 Å². The fourth-order valence-corrected chi connectivity index (χ4v) is 6.86. The normalized spacial score (nSPS) is 25.4. The van der Waals surface area contributed by atoms with Crippen molar-refractivity contribution in [2.45, 2.75) is 50.6 Å². The monoisotopic (exact) mass is 437 g/mol. The molecule has 4 rings (SSSR count). The lowest BCUT2D eigenvalue weighted by atomic mass is 9.92. The molecule has 1 saturated carbocycles. The minimum absolute atomic E-state index is 0.0826. The molecule has 0 radical (unpaired) electrons. The minimum atomic E-state index is -3.03. The second kappa shape index (κ2) is 9.22. The van der Waals surface area contributed by atoms with Gasteiger partial charge in [0.2, 0.25) is 5.91 Å². The summed E-state index contributed by atoms with van der Waals surface area (Å²) in [6.07, 6.45) is 5.98. The molecular weight excluding hydrogens is 405 g/mol. The minimum Gasteiger partial charge on any atom is -0.369 e. The van der Waals surface area contributed by atoms with Crippen LogP contribution >= 0.6 is 0 Å². The Hall–Kier alpha value is -1.67. The number of hydrogen-bond donors (Lipinski definition) is 0. The van der Waals surface area contributed by atoms with Gasteiger partial charge in [0.25, 0.3) is 0 Å². The van der Waals surface area contributed by atoms with Gasteiger partial charge in [-0.3, -0.25) is 9.69 Å². The molecule has 30 heavy (non-hydrogen) atoms. The molecule has 0 spiro atoms. The van der Waals surface area contributed by atoms with Crippen molar-refractivity contribution in [1.29, 1.82) is 0 Å². The van der Waals surface area contributed by atoms with E-state index in [-0.39, 0.29) is 35.3 Å². The van der Waals surface area contributed by atoms with E-state index in [0.29, 0.717) is 13.0 Å². The maximum atomic E-state index is 13.3. The van der Waals surface area contributed by atoms with E-state index in [1.807, 2.05) is 4.90 Å². The summed E-state index contributed by atoms with van der Waals surface area (Å²) in [4.78, 5) is 19.7. The summed E-state index contributed by atoms with van der Waals surface area (Å²) in [5.41, 5.74) is 1.00. The molecule has 3 fully saturated rings. The van der Waals surface area contributed by atoms with Crippen molar-refractivity contribution >= 4 is 21.4 Å². The highest BCUT2D eigenvalue weighted by atomic mass is 32.2. The van der Waals surface area contributed by atoms with Gasteiger partial charge in [-0.15, -0.1) is 0 Å². The van der Waals surface area contributed by atoms with Crippen LogP contribution < -0.4 is 4.90 Å². The Morgan fingerprint density at radius 3 is 2.23 bits per heavy atom. The van der Waals surface area contributed by atoms with E-state index in [1.165, 1.54) is 18.6 Å². The number of amides is 1. The van der Waals surface area contributed by atoms with Gasteiger partial charge in [0.15, 0.2) is 9.84 Å². The van der Waals surface area contributed by atoms with Crippen LogP contribution in [-0.2, 0) is 14.6 Å². The second-order valence-corrected chi connectivity index (χ2v) is 11.1. The highest BCUT2D eigenvalue weighted by Gasteiger charge is 2.39. The van der Waals surface area contributed by atoms with E-state index in [1.54, 1.807) is 12.1 Å². The predicted octanol–water partition coefficient (Wildman–Crippen LogP) is 2.30. The van der Waals surface area contributed by atoms with Crippen molar-refractivity contribution in [2.75, 3.05) is 49.1 Å². The van der Waals surface area contributed by atoms with E-state index in [2.05, 4.69) is 9.80 Å². The highest BCUT2D eigenvalue weighted by Crippen LogP contribution is 2.28. The quantitative estimate of drug-likeness (QED) is 0.707. The lowest BCUT2D eigenvalue weighted by molar-refractivity contribution is -0.137. The summed E-state index contributed by atoms with van der Waals surface area (Å²) in [7, 11) is -3.03. The third-order valence-corrected chi connectivity index (χ3v) is 8.53. The Kier molecular flexibility index (Phi) is 6.63. The van der Waals surface area contributed by atoms with Gasteiger partial charge in [-0.2, -0.15) is 0 Å². The van der Waals surface area contributed by atoms with Crippen LogP contribution in [0.3, 0.4) is 0 Å². The molecule has 2 aliphatic heterocycles. The average molecular weight is 438 g/mol. The summed E-state index contributed by atoms with van der Waals surface area (Å²) in [6, 6.07) is 6.56. The number of hydrogen-bond acceptors (Lipinski definition) is 5. The first-order valence-corrected chi connectivity index (χ1v) is 13.0. The fraction of sp³-hybridized carbons (Fsp3) is 0.682. The maximum absolute atomic E-state index is 13.3. The van der Waals surface area contributed by atoms with Crippen molar-refractivity contribution in [3.8, 4) is 0 Å².